The standard InChI is InChI=1S/C23H26N4O/c1-22(2)16-7-10-23(22,3)18(14-16)25-21(28)20-26-19(15-8-11-24-12-9-15)17-6-4-5-13-27(17)20/h4-6,8-9,11-13,16,18H,7,10,14H2,1-3H3,(H,25,28)/t16-,18+,23+/m1/s1. The zero-order valence-corrected chi connectivity index (χ0v) is 16.6. The van der Waals surface area contributed by atoms with Gasteiger partial charge in [-0.2, -0.15) is 0 Å². The molecule has 5 nitrogen and oxygen atoms in total. The molecule has 2 bridgehead atoms. The van der Waals surface area contributed by atoms with E-state index in [0.717, 1.165) is 23.2 Å². The molecule has 2 aliphatic carbocycles. The molecule has 0 saturated heterocycles. The van der Waals surface area contributed by atoms with Crippen LogP contribution in [0.2, 0.25) is 0 Å². The minimum atomic E-state index is -0.0870. The lowest BCUT2D eigenvalue weighted by Crippen LogP contribution is -2.47. The summed E-state index contributed by atoms with van der Waals surface area (Å²) in [6.07, 6.45) is 8.93. The average Bonchev–Trinajstić information content (AvgIpc) is 3.25. The van der Waals surface area contributed by atoms with Crippen molar-refractivity contribution in [1.29, 1.82) is 0 Å². The minimum Gasteiger partial charge on any atom is -0.346 e. The number of imidazole rings is 1. The van der Waals surface area contributed by atoms with Crippen molar-refractivity contribution >= 4 is 11.4 Å². The Morgan fingerprint density at radius 3 is 2.64 bits per heavy atom. The molecule has 1 amide bonds. The van der Waals surface area contributed by atoms with Gasteiger partial charge in [-0.25, -0.2) is 4.98 Å². The fraction of sp³-hybridized carbons (Fsp3) is 0.435. The molecule has 2 saturated carbocycles. The van der Waals surface area contributed by atoms with E-state index in [0.29, 0.717) is 11.7 Å². The monoisotopic (exact) mass is 374 g/mol. The molecular weight excluding hydrogens is 348 g/mol. The van der Waals surface area contributed by atoms with E-state index in [1.807, 2.05) is 40.9 Å². The number of rotatable bonds is 3. The highest BCUT2D eigenvalue weighted by Crippen LogP contribution is 2.65. The van der Waals surface area contributed by atoms with E-state index in [1.54, 1.807) is 12.4 Å². The van der Waals surface area contributed by atoms with Gasteiger partial charge in [0, 0.05) is 30.2 Å². The third-order valence-electron chi connectivity index (χ3n) is 7.80. The van der Waals surface area contributed by atoms with E-state index in [2.05, 4.69) is 31.1 Å². The van der Waals surface area contributed by atoms with Crippen molar-refractivity contribution in [3.8, 4) is 11.3 Å². The van der Waals surface area contributed by atoms with Crippen LogP contribution in [0.15, 0.2) is 48.9 Å². The summed E-state index contributed by atoms with van der Waals surface area (Å²) in [6.45, 7) is 7.07. The Morgan fingerprint density at radius 2 is 1.96 bits per heavy atom. The molecular formula is C23H26N4O. The molecule has 3 atom stereocenters. The van der Waals surface area contributed by atoms with Gasteiger partial charge in [0.15, 0.2) is 0 Å². The fourth-order valence-corrected chi connectivity index (χ4v) is 5.57. The van der Waals surface area contributed by atoms with Gasteiger partial charge >= 0.3 is 0 Å². The quantitative estimate of drug-likeness (QED) is 0.742. The van der Waals surface area contributed by atoms with E-state index >= 15 is 0 Å². The van der Waals surface area contributed by atoms with Crippen LogP contribution in [0.1, 0.15) is 50.7 Å². The molecule has 0 aliphatic heterocycles. The summed E-state index contributed by atoms with van der Waals surface area (Å²) < 4.78 is 1.89. The molecule has 0 unspecified atom stereocenters. The normalized spacial score (nSPS) is 28.0. The largest absolute Gasteiger partial charge is 0.346 e. The van der Waals surface area contributed by atoms with E-state index in [4.69, 9.17) is 4.98 Å². The van der Waals surface area contributed by atoms with Gasteiger partial charge in [0.2, 0.25) is 5.82 Å². The molecule has 0 radical (unpaired) electrons. The summed E-state index contributed by atoms with van der Waals surface area (Å²) in [5.74, 6) is 1.05. The maximum absolute atomic E-state index is 13.3. The third-order valence-corrected chi connectivity index (χ3v) is 7.80. The number of hydrogen-bond acceptors (Lipinski definition) is 3. The number of hydrogen-bond donors (Lipinski definition) is 1. The Bertz CT molecular complexity index is 1050. The van der Waals surface area contributed by atoms with Crippen LogP contribution >= 0.6 is 0 Å². The van der Waals surface area contributed by atoms with Gasteiger partial charge in [-0.1, -0.05) is 26.8 Å². The summed E-state index contributed by atoms with van der Waals surface area (Å²) >= 11 is 0. The van der Waals surface area contributed by atoms with Gasteiger partial charge in [0.25, 0.3) is 5.91 Å². The second kappa shape index (κ2) is 5.90. The first kappa shape index (κ1) is 17.4. The summed E-state index contributed by atoms with van der Waals surface area (Å²) in [5, 5.41) is 3.35. The molecule has 2 aliphatic rings. The molecule has 5 heteroatoms. The van der Waals surface area contributed by atoms with Crippen molar-refractivity contribution in [1.82, 2.24) is 19.7 Å². The van der Waals surface area contributed by atoms with Gasteiger partial charge in [0.1, 0.15) is 0 Å². The number of fused-ring (bicyclic) bond motifs is 3. The lowest BCUT2D eigenvalue weighted by atomic mass is 9.69. The maximum Gasteiger partial charge on any atom is 0.287 e. The van der Waals surface area contributed by atoms with Crippen LogP contribution in [0, 0.1) is 16.7 Å². The molecule has 0 aromatic carbocycles. The minimum absolute atomic E-state index is 0.0870. The van der Waals surface area contributed by atoms with Gasteiger partial charge in [-0.05, 0) is 60.3 Å². The Hall–Kier alpha value is -2.69. The predicted molar refractivity (Wildman–Crippen MR) is 109 cm³/mol. The molecule has 5 rings (SSSR count). The van der Waals surface area contributed by atoms with E-state index in [1.165, 1.54) is 12.8 Å². The second-order valence-electron chi connectivity index (χ2n) is 9.11. The van der Waals surface area contributed by atoms with E-state index < -0.39 is 0 Å². The number of nitrogens with one attached hydrogen (secondary N) is 1. The number of pyridine rings is 2. The molecule has 1 N–H and O–H groups in total. The Kier molecular flexibility index (Phi) is 3.67. The summed E-state index contributed by atoms with van der Waals surface area (Å²) in [7, 11) is 0. The first-order valence-electron chi connectivity index (χ1n) is 10.1. The zero-order valence-electron chi connectivity index (χ0n) is 16.6. The Balaban J connectivity index is 1.51. The summed E-state index contributed by atoms with van der Waals surface area (Å²) in [5.41, 5.74) is 3.12. The number of amides is 1. The van der Waals surface area contributed by atoms with Crippen LogP contribution < -0.4 is 5.32 Å². The third kappa shape index (κ3) is 2.28. The fourth-order valence-electron chi connectivity index (χ4n) is 5.57. The van der Waals surface area contributed by atoms with Crippen molar-refractivity contribution in [2.45, 2.75) is 46.1 Å². The van der Waals surface area contributed by atoms with Gasteiger partial charge in [-0.3, -0.25) is 14.2 Å². The molecule has 0 spiro atoms. The highest BCUT2D eigenvalue weighted by molar-refractivity contribution is 5.94. The van der Waals surface area contributed by atoms with E-state index in [-0.39, 0.29) is 22.8 Å². The molecule has 3 aromatic heterocycles. The number of aromatic nitrogens is 3. The molecule has 2 fully saturated rings. The zero-order chi connectivity index (χ0) is 19.5. The SMILES string of the molecule is CC1(C)[C@@H]2CC[C@@]1(C)[C@@H](NC(=O)c1nc(-c3ccncc3)c3ccccn13)C2. The Morgan fingerprint density at radius 1 is 1.18 bits per heavy atom. The highest BCUT2D eigenvalue weighted by atomic mass is 16.2. The van der Waals surface area contributed by atoms with Gasteiger partial charge in [0.05, 0.1) is 11.2 Å². The highest BCUT2D eigenvalue weighted by Gasteiger charge is 2.61. The van der Waals surface area contributed by atoms with Crippen molar-refractivity contribution < 1.29 is 4.79 Å². The van der Waals surface area contributed by atoms with Crippen LogP contribution in [0.25, 0.3) is 16.8 Å². The average molecular weight is 374 g/mol. The van der Waals surface area contributed by atoms with Crippen LogP contribution in [-0.4, -0.2) is 26.3 Å². The summed E-state index contributed by atoms with van der Waals surface area (Å²) in [6, 6.07) is 9.97. The van der Waals surface area contributed by atoms with Crippen LogP contribution in [0.5, 0.6) is 0 Å². The van der Waals surface area contributed by atoms with Crippen LogP contribution in [-0.2, 0) is 0 Å². The number of nitrogens with zero attached hydrogens (tertiary/aromatic N) is 3. The molecule has 3 heterocycles. The molecule has 3 aromatic rings. The second-order valence-corrected chi connectivity index (χ2v) is 9.11. The summed E-state index contributed by atoms with van der Waals surface area (Å²) in [4.78, 5) is 22.1. The first-order chi connectivity index (χ1) is 13.4. The molecule has 144 valence electrons. The van der Waals surface area contributed by atoms with Crippen LogP contribution in [0.4, 0.5) is 0 Å². The predicted octanol–water partition coefficient (Wildman–Crippen LogP) is 4.34. The molecule has 28 heavy (non-hydrogen) atoms. The smallest absolute Gasteiger partial charge is 0.287 e. The van der Waals surface area contributed by atoms with Crippen molar-refractivity contribution in [2.75, 3.05) is 0 Å². The lowest BCUT2D eigenvalue weighted by Gasteiger charge is -2.39. The van der Waals surface area contributed by atoms with Gasteiger partial charge < -0.3 is 5.32 Å². The number of carbonyl (C=O) groups excluding carboxylic acids is 1. The van der Waals surface area contributed by atoms with E-state index in [9.17, 15) is 4.79 Å². The Labute approximate surface area is 165 Å². The topological polar surface area (TPSA) is 59.3 Å². The first-order valence-corrected chi connectivity index (χ1v) is 10.1. The van der Waals surface area contributed by atoms with Crippen molar-refractivity contribution in [3.63, 3.8) is 0 Å². The van der Waals surface area contributed by atoms with Crippen LogP contribution in [0.3, 0.4) is 0 Å². The number of carbonyl (C=O) groups is 1. The lowest BCUT2D eigenvalue weighted by molar-refractivity contribution is 0.0816. The maximum atomic E-state index is 13.3. The van der Waals surface area contributed by atoms with Crippen molar-refractivity contribution in [2.24, 2.45) is 16.7 Å². The van der Waals surface area contributed by atoms with Crippen molar-refractivity contribution in [3.05, 3.63) is 54.7 Å². The van der Waals surface area contributed by atoms with Gasteiger partial charge in [-0.15, -0.1) is 0 Å².